The molecule has 1 N–H and O–H groups in total. The second-order valence-electron chi connectivity index (χ2n) is 5.42. The maximum Gasteiger partial charge on any atom is 0.177 e. The molecular formula is C18H18N4S. The zero-order chi connectivity index (χ0) is 16.4. The molecule has 3 rings (SSSR count). The normalized spacial score (nSPS) is 10.6. The molecule has 0 radical (unpaired) electrons. The maximum absolute atomic E-state index is 5.49. The fraction of sp³-hybridized carbons (Fsp3) is 0.167. The van der Waals surface area contributed by atoms with Crippen LogP contribution in [0.4, 0.5) is 11.4 Å². The number of thiocarbonyl (C=S) groups is 1. The summed E-state index contributed by atoms with van der Waals surface area (Å²) >= 11 is 5.49. The van der Waals surface area contributed by atoms with Gasteiger partial charge >= 0.3 is 0 Å². The molecule has 0 bridgehead atoms. The van der Waals surface area contributed by atoms with E-state index in [4.69, 9.17) is 12.2 Å². The molecule has 2 aromatic carbocycles. The average molecular weight is 322 g/mol. The van der Waals surface area contributed by atoms with Crippen molar-refractivity contribution in [3.05, 3.63) is 59.9 Å². The molecule has 0 aliphatic rings. The number of benzene rings is 2. The first kappa shape index (κ1) is 15.4. The summed E-state index contributed by atoms with van der Waals surface area (Å²) in [4.78, 5) is 11.1. The Hall–Kier alpha value is -2.53. The van der Waals surface area contributed by atoms with Crippen molar-refractivity contribution in [2.24, 2.45) is 0 Å². The Morgan fingerprint density at radius 1 is 0.957 bits per heavy atom. The monoisotopic (exact) mass is 322 g/mol. The van der Waals surface area contributed by atoms with Gasteiger partial charge in [0.25, 0.3) is 0 Å². The number of aromatic nitrogens is 2. The van der Waals surface area contributed by atoms with Gasteiger partial charge in [-0.2, -0.15) is 0 Å². The molecule has 0 atom stereocenters. The van der Waals surface area contributed by atoms with Gasteiger partial charge in [0.05, 0.1) is 22.4 Å². The van der Waals surface area contributed by atoms with E-state index in [0.29, 0.717) is 5.11 Å². The van der Waals surface area contributed by atoms with E-state index in [1.54, 1.807) is 0 Å². The number of aryl methyl sites for hydroxylation is 2. The van der Waals surface area contributed by atoms with Gasteiger partial charge in [0.15, 0.2) is 5.11 Å². The minimum atomic E-state index is 0.632. The molecule has 0 aliphatic carbocycles. The van der Waals surface area contributed by atoms with Gasteiger partial charge in [-0.15, -0.1) is 0 Å². The number of nitrogens with zero attached hydrogens (tertiary/aromatic N) is 3. The smallest absolute Gasteiger partial charge is 0.177 e. The number of nitrogens with one attached hydrogen (secondary N) is 1. The number of hydrogen-bond acceptors (Lipinski definition) is 3. The first-order valence-electron chi connectivity index (χ1n) is 7.39. The van der Waals surface area contributed by atoms with E-state index in [0.717, 1.165) is 33.8 Å². The lowest BCUT2D eigenvalue weighted by Gasteiger charge is -2.21. The summed E-state index contributed by atoms with van der Waals surface area (Å²) in [6, 6.07) is 15.9. The molecule has 5 heteroatoms. The van der Waals surface area contributed by atoms with E-state index in [-0.39, 0.29) is 0 Å². The third-order valence-electron chi connectivity index (χ3n) is 3.77. The van der Waals surface area contributed by atoms with Gasteiger partial charge in [-0.05, 0) is 56.4 Å². The predicted molar refractivity (Wildman–Crippen MR) is 100 cm³/mol. The lowest BCUT2D eigenvalue weighted by atomic mass is 10.2. The first-order valence-corrected chi connectivity index (χ1v) is 7.80. The van der Waals surface area contributed by atoms with Crippen molar-refractivity contribution in [1.29, 1.82) is 0 Å². The first-order chi connectivity index (χ1) is 11.0. The van der Waals surface area contributed by atoms with Crippen molar-refractivity contribution in [3.8, 4) is 0 Å². The zero-order valence-corrected chi connectivity index (χ0v) is 14.2. The fourth-order valence-electron chi connectivity index (χ4n) is 2.28. The second-order valence-corrected chi connectivity index (χ2v) is 5.81. The van der Waals surface area contributed by atoms with Crippen LogP contribution in [0.15, 0.2) is 48.5 Å². The average Bonchev–Trinajstić information content (AvgIpc) is 2.56. The summed E-state index contributed by atoms with van der Waals surface area (Å²) in [5.41, 5.74) is 5.60. The Kier molecular flexibility index (Phi) is 4.21. The van der Waals surface area contributed by atoms with Gasteiger partial charge in [0.2, 0.25) is 0 Å². The van der Waals surface area contributed by atoms with Crippen LogP contribution in [0.5, 0.6) is 0 Å². The fourth-order valence-corrected chi connectivity index (χ4v) is 2.51. The third-order valence-corrected chi connectivity index (χ3v) is 4.15. The van der Waals surface area contributed by atoms with Gasteiger partial charge in [-0.1, -0.05) is 18.2 Å². The molecule has 0 saturated heterocycles. The van der Waals surface area contributed by atoms with E-state index in [2.05, 4.69) is 15.3 Å². The van der Waals surface area contributed by atoms with Crippen molar-refractivity contribution in [3.63, 3.8) is 0 Å². The Morgan fingerprint density at radius 2 is 1.61 bits per heavy atom. The molecule has 116 valence electrons. The highest BCUT2D eigenvalue weighted by atomic mass is 32.1. The highest BCUT2D eigenvalue weighted by Crippen LogP contribution is 2.19. The van der Waals surface area contributed by atoms with Crippen LogP contribution in [0.1, 0.15) is 11.4 Å². The summed E-state index contributed by atoms with van der Waals surface area (Å²) in [5.74, 6) is 0. The SMILES string of the molecule is Cc1nc2ccc(NC(=S)N(C)c3ccccc3)cc2nc1C. The van der Waals surface area contributed by atoms with Gasteiger partial charge in [0, 0.05) is 18.4 Å². The maximum atomic E-state index is 5.49. The predicted octanol–water partition coefficient (Wildman–Crippen LogP) is 4.08. The number of para-hydroxylation sites is 1. The molecule has 0 fully saturated rings. The largest absolute Gasteiger partial charge is 0.332 e. The van der Waals surface area contributed by atoms with Crippen LogP contribution in [0.2, 0.25) is 0 Å². The zero-order valence-electron chi connectivity index (χ0n) is 13.4. The number of anilines is 2. The molecule has 0 amide bonds. The number of fused-ring (bicyclic) bond motifs is 1. The Bertz CT molecular complexity index is 862. The van der Waals surface area contributed by atoms with E-state index in [1.807, 2.05) is 74.3 Å². The van der Waals surface area contributed by atoms with E-state index in [9.17, 15) is 0 Å². The summed E-state index contributed by atoms with van der Waals surface area (Å²) in [7, 11) is 1.94. The number of hydrogen-bond donors (Lipinski definition) is 1. The molecule has 0 unspecified atom stereocenters. The molecule has 3 aromatic rings. The van der Waals surface area contributed by atoms with E-state index < -0.39 is 0 Å². The van der Waals surface area contributed by atoms with Crippen LogP contribution in [0.3, 0.4) is 0 Å². The Balaban J connectivity index is 1.83. The van der Waals surface area contributed by atoms with Crippen molar-refractivity contribution < 1.29 is 0 Å². The van der Waals surface area contributed by atoms with Crippen LogP contribution in [0, 0.1) is 13.8 Å². The van der Waals surface area contributed by atoms with E-state index >= 15 is 0 Å². The molecule has 0 saturated carbocycles. The van der Waals surface area contributed by atoms with Crippen molar-refractivity contribution >= 4 is 39.7 Å². The molecule has 1 heterocycles. The minimum Gasteiger partial charge on any atom is -0.332 e. The lowest BCUT2D eigenvalue weighted by molar-refractivity contribution is 1.10. The quantitative estimate of drug-likeness (QED) is 0.720. The highest BCUT2D eigenvalue weighted by molar-refractivity contribution is 7.80. The van der Waals surface area contributed by atoms with Crippen molar-refractivity contribution in [2.45, 2.75) is 13.8 Å². The molecule has 0 aliphatic heterocycles. The lowest BCUT2D eigenvalue weighted by Crippen LogP contribution is -2.30. The standard InChI is InChI=1S/C18H18N4S/c1-12-13(2)20-17-11-14(9-10-16(17)19-12)21-18(23)22(3)15-7-5-4-6-8-15/h4-11H,1-3H3,(H,21,23). The third kappa shape index (κ3) is 3.29. The number of rotatable bonds is 2. The molecule has 1 aromatic heterocycles. The molecule has 4 nitrogen and oxygen atoms in total. The minimum absolute atomic E-state index is 0.632. The Labute approximate surface area is 141 Å². The van der Waals surface area contributed by atoms with Crippen LogP contribution < -0.4 is 10.2 Å². The molecule has 23 heavy (non-hydrogen) atoms. The van der Waals surface area contributed by atoms with Crippen molar-refractivity contribution in [1.82, 2.24) is 9.97 Å². The van der Waals surface area contributed by atoms with Gasteiger partial charge < -0.3 is 10.2 Å². The van der Waals surface area contributed by atoms with Gasteiger partial charge in [-0.25, -0.2) is 9.97 Å². The van der Waals surface area contributed by atoms with Crippen LogP contribution in [0.25, 0.3) is 11.0 Å². The van der Waals surface area contributed by atoms with Gasteiger partial charge in [0.1, 0.15) is 0 Å². The summed E-state index contributed by atoms with van der Waals surface area (Å²) in [5, 5.41) is 3.89. The summed E-state index contributed by atoms with van der Waals surface area (Å²) in [6.45, 7) is 3.94. The summed E-state index contributed by atoms with van der Waals surface area (Å²) in [6.07, 6.45) is 0. The summed E-state index contributed by atoms with van der Waals surface area (Å²) < 4.78 is 0. The van der Waals surface area contributed by atoms with Crippen LogP contribution in [-0.4, -0.2) is 22.1 Å². The van der Waals surface area contributed by atoms with Crippen molar-refractivity contribution in [2.75, 3.05) is 17.3 Å². The van der Waals surface area contributed by atoms with Crippen LogP contribution >= 0.6 is 12.2 Å². The van der Waals surface area contributed by atoms with Gasteiger partial charge in [-0.3, -0.25) is 0 Å². The second kappa shape index (κ2) is 6.30. The van der Waals surface area contributed by atoms with E-state index in [1.165, 1.54) is 0 Å². The highest BCUT2D eigenvalue weighted by Gasteiger charge is 2.08. The molecular weight excluding hydrogens is 304 g/mol. The Morgan fingerprint density at radius 3 is 2.30 bits per heavy atom. The topological polar surface area (TPSA) is 41.1 Å². The van der Waals surface area contributed by atoms with Crippen LogP contribution in [-0.2, 0) is 0 Å². The molecule has 0 spiro atoms.